The lowest BCUT2D eigenvalue weighted by Gasteiger charge is -2.26. The molecule has 1 N–H and O–H groups in total. The Bertz CT molecular complexity index is 1160. The Morgan fingerprint density at radius 2 is 1.83 bits per heavy atom. The Kier molecular flexibility index (Phi) is 4.86. The molecule has 0 spiro atoms. The molecule has 4 aromatic rings. The summed E-state index contributed by atoms with van der Waals surface area (Å²) >= 11 is 0. The Balaban J connectivity index is 1.46. The second kappa shape index (κ2) is 7.79. The molecule has 0 unspecified atom stereocenters. The number of aliphatic imine (C=N–C) groups is 1. The van der Waals surface area contributed by atoms with Crippen molar-refractivity contribution in [3.05, 3.63) is 54.4 Å². The van der Waals surface area contributed by atoms with Crippen molar-refractivity contribution in [3.8, 4) is 0 Å². The molecule has 5 rings (SSSR count). The van der Waals surface area contributed by atoms with Crippen LogP contribution in [0.5, 0.6) is 0 Å². The minimum absolute atomic E-state index is 0.766. The van der Waals surface area contributed by atoms with Crippen molar-refractivity contribution >= 4 is 34.2 Å². The quantitative estimate of drug-likeness (QED) is 0.420. The van der Waals surface area contributed by atoms with Gasteiger partial charge in [-0.3, -0.25) is 0 Å². The second-order valence-corrected chi connectivity index (χ2v) is 7.80. The number of piperidine rings is 1. The smallest absolute Gasteiger partial charge is 0.298 e. The Hall–Kier alpha value is -2.99. The highest BCUT2D eigenvalue weighted by Crippen LogP contribution is 2.22. The van der Waals surface area contributed by atoms with E-state index < -0.39 is 0 Å². The summed E-state index contributed by atoms with van der Waals surface area (Å²) in [6.07, 6.45) is 5.87. The van der Waals surface area contributed by atoms with Crippen LogP contribution in [0.1, 0.15) is 25.1 Å². The van der Waals surface area contributed by atoms with Crippen LogP contribution in [-0.4, -0.2) is 45.3 Å². The number of imidazole rings is 2. The average molecular weight is 388 g/mol. The van der Waals surface area contributed by atoms with E-state index in [0.717, 1.165) is 46.9 Å². The SMILES string of the molecule is C[n+]1c(C=Nc2nc3ccccc3n2CCN2CCCCC2)[nH]c2ccccc21. The van der Waals surface area contributed by atoms with E-state index in [2.05, 4.69) is 62.5 Å². The topological polar surface area (TPSA) is 53.1 Å². The number of H-pyrrole nitrogens is 1. The summed E-state index contributed by atoms with van der Waals surface area (Å²) in [5.74, 6) is 1.72. The predicted octanol–water partition coefficient (Wildman–Crippen LogP) is 3.58. The molecule has 0 aliphatic carbocycles. The van der Waals surface area contributed by atoms with Crippen LogP contribution < -0.4 is 4.57 Å². The van der Waals surface area contributed by atoms with E-state index in [0.29, 0.717) is 0 Å². The molecular weight excluding hydrogens is 360 g/mol. The highest BCUT2D eigenvalue weighted by molar-refractivity contribution is 5.83. The fraction of sp³-hybridized carbons (Fsp3) is 0.348. The molecule has 1 saturated heterocycles. The van der Waals surface area contributed by atoms with Gasteiger partial charge < -0.3 is 9.47 Å². The summed E-state index contributed by atoms with van der Waals surface area (Å²) in [6.45, 7) is 4.36. The minimum atomic E-state index is 0.766. The minimum Gasteiger partial charge on any atom is -0.307 e. The third-order valence-corrected chi connectivity index (χ3v) is 5.91. The van der Waals surface area contributed by atoms with Crippen LogP contribution in [-0.2, 0) is 13.6 Å². The second-order valence-electron chi connectivity index (χ2n) is 7.80. The maximum Gasteiger partial charge on any atom is 0.298 e. The molecule has 0 saturated carbocycles. The number of fused-ring (bicyclic) bond motifs is 2. The third kappa shape index (κ3) is 3.56. The van der Waals surface area contributed by atoms with Crippen LogP contribution >= 0.6 is 0 Å². The summed E-state index contributed by atoms with van der Waals surface area (Å²) in [4.78, 5) is 15.6. The van der Waals surface area contributed by atoms with Crippen LogP contribution in [0.4, 0.5) is 5.95 Å². The zero-order valence-corrected chi connectivity index (χ0v) is 16.9. The van der Waals surface area contributed by atoms with E-state index in [9.17, 15) is 0 Å². The molecule has 2 aromatic carbocycles. The number of aromatic amines is 1. The molecule has 3 heterocycles. The van der Waals surface area contributed by atoms with E-state index in [4.69, 9.17) is 9.98 Å². The van der Waals surface area contributed by atoms with Gasteiger partial charge in [0.2, 0.25) is 5.95 Å². The molecule has 0 bridgehead atoms. The lowest BCUT2D eigenvalue weighted by Crippen LogP contribution is -2.32. The van der Waals surface area contributed by atoms with Gasteiger partial charge in [0, 0.05) is 13.1 Å². The first-order valence-electron chi connectivity index (χ1n) is 10.5. The number of nitrogens with zero attached hydrogens (tertiary/aromatic N) is 5. The largest absolute Gasteiger partial charge is 0.307 e. The van der Waals surface area contributed by atoms with Gasteiger partial charge in [0.25, 0.3) is 5.82 Å². The summed E-state index contributed by atoms with van der Waals surface area (Å²) in [6, 6.07) is 16.6. The number of hydrogen-bond donors (Lipinski definition) is 1. The number of nitrogens with one attached hydrogen (secondary N) is 1. The zero-order chi connectivity index (χ0) is 19.6. The first-order chi connectivity index (χ1) is 14.3. The molecular formula is C23H27N6+. The Labute approximate surface area is 170 Å². The molecule has 0 atom stereocenters. The third-order valence-electron chi connectivity index (χ3n) is 5.91. The first-order valence-corrected chi connectivity index (χ1v) is 10.5. The summed E-state index contributed by atoms with van der Waals surface area (Å²) in [5, 5.41) is 0. The van der Waals surface area contributed by atoms with Crippen molar-refractivity contribution in [2.75, 3.05) is 19.6 Å². The summed E-state index contributed by atoms with van der Waals surface area (Å²) in [7, 11) is 2.06. The molecule has 29 heavy (non-hydrogen) atoms. The lowest BCUT2D eigenvalue weighted by atomic mass is 10.1. The fourth-order valence-electron chi connectivity index (χ4n) is 4.27. The van der Waals surface area contributed by atoms with E-state index >= 15 is 0 Å². The lowest BCUT2D eigenvalue weighted by molar-refractivity contribution is -0.645. The summed E-state index contributed by atoms with van der Waals surface area (Å²) < 4.78 is 4.38. The number of likely N-dealkylation sites (tertiary alicyclic amines) is 1. The molecule has 1 aliphatic rings. The van der Waals surface area contributed by atoms with Gasteiger partial charge in [-0.15, -0.1) is 0 Å². The maximum absolute atomic E-state index is 4.80. The van der Waals surface area contributed by atoms with Gasteiger partial charge in [-0.1, -0.05) is 30.7 Å². The van der Waals surface area contributed by atoms with E-state index in [1.54, 1.807) is 0 Å². The molecule has 1 aliphatic heterocycles. The highest BCUT2D eigenvalue weighted by Gasteiger charge is 2.15. The molecule has 6 heteroatoms. The molecule has 2 aromatic heterocycles. The van der Waals surface area contributed by atoms with E-state index in [1.165, 1.54) is 32.4 Å². The standard InChI is InChI=1S/C23H26N6/c1-27-20-11-5-3-9-18(20)25-22(27)17-24-23-26-19-10-4-6-12-21(19)29(23)16-15-28-13-7-2-8-14-28/h3-6,9-12,17H,2,7-8,13-16H2,1H3/p+1. The van der Waals surface area contributed by atoms with E-state index in [-0.39, 0.29) is 0 Å². The van der Waals surface area contributed by atoms with Gasteiger partial charge in [-0.05, 0) is 50.2 Å². The number of aromatic nitrogens is 4. The van der Waals surface area contributed by atoms with Crippen molar-refractivity contribution in [1.29, 1.82) is 0 Å². The van der Waals surface area contributed by atoms with Gasteiger partial charge in [-0.25, -0.2) is 19.5 Å². The average Bonchev–Trinajstić information content (AvgIpc) is 3.29. The molecule has 148 valence electrons. The predicted molar refractivity (Wildman–Crippen MR) is 117 cm³/mol. The Morgan fingerprint density at radius 3 is 2.69 bits per heavy atom. The van der Waals surface area contributed by atoms with Crippen molar-refractivity contribution in [2.24, 2.45) is 12.0 Å². The molecule has 0 radical (unpaired) electrons. The van der Waals surface area contributed by atoms with Crippen LogP contribution in [0.25, 0.3) is 22.1 Å². The van der Waals surface area contributed by atoms with Crippen LogP contribution in [0.15, 0.2) is 53.5 Å². The van der Waals surface area contributed by atoms with Crippen LogP contribution in [0.2, 0.25) is 0 Å². The van der Waals surface area contributed by atoms with Crippen LogP contribution in [0, 0.1) is 0 Å². The number of rotatable bonds is 5. The highest BCUT2D eigenvalue weighted by atomic mass is 15.2. The zero-order valence-electron chi connectivity index (χ0n) is 16.9. The van der Waals surface area contributed by atoms with Gasteiger partial charge in [0.15, 0.2) is 11.0 Å². The fourth-order valence-corrected chi connectivity index (χ4v) is 4.27. The van der Waals surface area contributed by atoms with Gasteiger partial charge in [-0.2, -0.15) is 0 Å². The Morgan fingerprint density at radius 1 is 1.03 bits per heavy atom. The van der Waals surface area contributed by atoms with E-state index in [1.807, 2.05) is 18.3 Å². The number of aryl methyl sites for hydroxylation is 1. The molecule has 6 nitrogen and oxygen atoms in total. The van der Waals surface area contributed by atoms with Crippen molar-refractivity contribution < 1.29 is 4.57 Å². The van der Waals surface area contributed by atoms with Crippen molar-refractivity contribution in [2.45, 2.75) is 25.8 Å². The number of para-hydroxylation sites is 4. The first kappa shape index (κ1) is 18.1. The maximum atomic E-state index is 4.80. The van der Waals surface area contributed by atoms with Gasteiger partial charge >= 0.3 is 0 Å². The molecule has 1 fully saturated rings. The monoisotopic (exact) mass is 387 g/mol. The van der Waals surface area contributed by atoms with Gasteiger partial charge in [0.05, 0.1) is 18.1 Å². The van der Waals surface area contributed by atoms with Gasteiger partial charge in [0.1, 0.15) is 6.21 Å². The van der Waals surface area contributed by atoms with Crippen molar-refractivity contribution in [1.82, 2.24) is 19.4 Å². The summed E-state index contributed by atoms with van der Waals surface area (Å²) in [5.41, 5.74) is 4.42. The van der Waals surface area contributed by atoms with Crippen LogP contribution in [0.3, 0.4) is 0 Å². The molecule has 0 amide bonds. The normalized spacial score (nSPS) is 15.8. The number of benzene rings is 2. The number of hydrogen-bond acceptors (Lipinski definition) is 3. The van der Waals surface area contributed by atoms with Crippen molar-refractivity contribution in [3.63, 3.8) is 0 Å².